The Labute approximate surface area is 119 Å². The zero-order valence-corrected chi connectivity index (χ0v) is 13.4. The summed E-state index contributed by atoms with van der Waals surface area (Å²) >= 11 is 1.50. The van der Waals surface area contributed by atoms with Crippen LogP contribution < -0.4 is 5.32 Å². The van der Waals surface area contributed by atoms with E-state index in [9.17, 15) is 8.42 Å². The summed E-state index contributed by atoms with van der Waals surface area (Å²) in [5, 5.41) is 4.80. The SMILES string of the molecule is CNCc1cc(S(=O)(=O)N2CC(C)CC(C)C2)cs1. The van der Waals surface area contributed by atoms with Gasteiger partial charge in [-0.2, -0.15) is 4.31 Å². The van der Waals surface area contributed by atoms with Gasteiger partial charge in [-0.25, -0.2) is 8.42 Å². The summed E-state index contributed by atoms with van der Waals surface area (Å²) in [5.74, 6) is 0.878. The van der Waals surface area contributed by atoms with Gasteiger partial charge in [0.2, 0.25) is 10.0 Å². The molecule has 1 aliphatic heterocycles. The lowest BCUT2D eigenvalue weighted by molar-refractivity contribution is 0.222. The number of nitrogens with one attached hydrogen (secondary N) is 1. The number of rotatable bonds is 4. The van der Waals surface area contributed by atoms with Crippen LogP contribution in [0.3, 0.4) is 0 Å². The highest BCUT2D eigenvalue weighted by molar-refractivity contribution is 7.89. The molecular weight excluding hydrogens is 280 g/mol. The van der Waals surface area contributed by atoms with E-state index in [0.29, 0.717) is 36.4 Å². The van der Waals surface area contributed by atoms with E-state index in [2.05, 4.69) is 19.2 Å². The number of hydrogen-bond acceptors (Lipinski definition) is 4. The van der Waals surface area contributed by atoms with Gasteiger partial charge in [0.25, 0.3) is 0 Å². The molecule has 2 rings (SSSR count). The average molecular weight is 302 g/mol. The first-order chi connectivity index (χ1) is 8.93. The molecule has 1 aliphatic rings. The van der Waals surface area contributed by atoms with E-state index < -0.39 is 10.0 Å². The van der Waals surface area contributed by atoms with Crippen molar-refractivity contribution in [2.24, 2.45) is 11.8 Å². The molecule has 2 atom stereocenters. The topological polar surface area (TPSA) is 49.4 Å². The lowest BCUT2D eigenvalue weighted by atomic mass is 9.94. The maximum atomic E-state index is 12.6. The molecule has 19 heavy (non-hydrogen) atoms. The second kappa shape index (κ2) is 5.91. The molecule has 0 bridgehead atoms. The molecule has 4 nitrogen and oxygen atoms in total. The quantitative estimate of drug-likeness (QED) is 0.927. The fourth-order valence-electron chi connectivity index (χ4n) is 2.71. The first kappa shape index (κ1) is 15.0. The molecule has 0 radical (unpaired) electrons. The number of thiophene rings is 1. The van der Waals surface area contributed by atoms with Crippen molar-refractivity contribution in [3.05, 3.63) is 16.3 Å². The van der Waals surface area contributed by atoms with Crippen LogP contribution in [0.2, 0.25) is 0 Å². The summed E-state index contributed by atoms with van der Waals surface area (Å²) in [5.41, 5.74) is 0. The molecule has 1 N–H and O–H groups in total. The molecule has 1 fully saturated rings. The minimum atomic E-state index is -3.31. The molecule has 1 saturated heterocycles. The van der Waals surface area contributed by atoms with Crippen LogP contribution in [0, 0.1) is 11.8 Å². The molecule has 1 aromatic heterocycles. The molecule has 108 valence electrons. The van der Waals surface area contributed by atoms with E-state index in [1.807, 2.05) is 7.05 Å². The minimum absolute atomic E-state index is 0.439. The van der Waals surface area contributed by atoms with Crippen molar-refractivity contribution in [2.75, 3.05) is 20.1 Å². The molecule has 1 aromatic rings. The fraction of sp³-hybridized carbons (Fsp3) is 0.692. The van der Waals surface area contributed by atoms with Gasteiger partial charge in [-0.1, -0.05) is 13.8 Å². The van der Waals surface area contributed by atoms with Crippen LogP contribution >= 0.6 is 11.3 Å². The Balaban J connectivity index is 2.20. The molecule has 0 aliphatic carbocycles. The summed E-state index contributed by atoms with van der Waals surface area (Å²) in [6, 6.07) is 1.79. The summed E-state index contributed by atoms with van der Waals surface area (Å²) in [4.78, 5) is 1.50. The van der Waals surface area contributed by atoms with Gasteiger partial charge in [-0.3, -0.25) is 0 Å². The molecule has 0 spiro atoms. The molecule has 0 aromatic carbocycles. The Morgan fingerprint density at radius 3 is 2.58 bits per heavy atom. The van der Waals surface area contributed by atoms with Crippen molar-refractivity contribution in [2.45, 2.75) is 31.7 Å². The fourth-order valence-corrected chi connectivity index (χ4v) is 5.67. The first-order valence-electron chi connectivity index (χ1n) is 6.65. The van der Waals surface area contributed by atoms with Gasteiger partial charge in [-0.15, -0.1) is 11.3 Å². The molecule has 0 saturated carbocycles. The predicted octanol–water partition coefficient (Wildman–Crippen LogP) is 2.13. The molecule has 2 unspecified atom stereocenters. The van der Waals surface area contributed by atoms with Crippen molar-refractivity contribution >= 4 is 21.4 Å². The van der Waals surface area contributed by atoms with Gasteiger partial charge in [-0.05, 0) is 31.4 Å². The van der Waals surface area contributed by atoms with Gasteiger partial charge < -0.3 is 5.32 Å². The average Bonchev–Trinajstić information content (AvgIpc) is 2.77. The van der Waals surface area contributed by atoms with Gasteiger partial charge in [0, 0.05) is 29.9 Å². The van der Waals surface area contributed by atoms with E-state index in [-0.39, 0.29) is 0 Å². The second-order valence-corrected chi connectivity index (χ2v) is 8.48. The van der Waals surface area contributed by atoms with Crippen LogP contribution in [0.25, 0.3) is 0 Å². The maximum Gasteiger partial charge on any atom is 0.243 e. The molecule has 6 heteroatoms. The molecular formula is C13H22N2O2S2. The van der Waals surface area contributed by atoms with Crippen LogP contribution in [0.15, 0.2) is 16.3 Å². The minimum Gasteiger partial charge on any atom is -0.315 e. The maximum absolute atomic E-state index is 12.6. The summed E-state index contributed by atoms with van der Waals surface area (Å²) in [6.45, 7) is 6.25. The third-order valence-corrected chi connectivity index (χ3v) is 6.35. The van der Waals surface area contributed by atoms with Crippen molar-refractivity contribution in [1.82, 2.24) is 9.62 Å². The number of sulfonamides is 1. The van der Waals surface area contributed by atoms with Crippen molar-refractivity contribution in [1.29, 1.82) is 0 Å². The Bertz CT molecular complexity index is 515. The van der Waals surface area contributed by atoms with E-state index in [1.54, 1.807) is 15.8 Å². The highest BCUT2D eigenvalue weighted by atomic mass is 32.2. The van der Waals surface area contributed by atoms with Crippen LogP contribution in [0.5, 0.6) is 0 Å². The van der Waals surface area contributed by atoms with Crippen LogP contribution in [-0.4, -0.2) is 32.9 Å². The van der Waals surface area contributed by atoms with Gasteiger partial charge in [0.05, 0.1) is 4.90 Å². The Hall–Kier alpha value is -0.430. The highest BCUT2D eigenvalue weighted by Crippen LogP contribution is 2.28. The summed E-state index contributed by atoms with van der Waals surface area (Å²) in [7, 11) is -1.45. The van der Waals surface area contributed by atoms with Crippen molar-refractivity contribution in [3.63, 3.8) is 0 Å². The van der Waals surface area contributed by atoms with E-state index in [4.69, 9.17) is 0 Å². The third kappa shape index (κ3) is 3.37. The Morgan fingerprint density at radius 2 is 2.00 bits per heavy atom. The van der Waals surface area contributed by atoms with E-state index in [0.717, 1.165) is 11.3 Å². The Kier molecular flexibility index (Phi) is 4.66. The zero-order valence-electron chi connectivity index (χ0n) is 11.7. The second-order valence-electron chi connectivity index (χ2n) is 5.55. The predicted molar refractivity (Wildman–Crippen MR) is 78.8 cm³/mol. The zero-order chi connectivity index (χ0) is 14.0. The lowest BCUT2D eigenvalue weighted by Gasteiger charge is -2.33. The molecule has 0 amide bonds. The largest absolute Gasteiger partial charge is 0.315 e. The standard InChI is InChI=1S/C13H22N2O2S2/c1-10-4-11(2)8-15(7-10)19(16,17)13-5-12(6-14-3)18-9-13/h5,9-11,14H,4,6-8H2,1-3H3. The number of nitrogens with zero attached hydrogens (tertiary/aromatic N) is 1. The lowest BCUT2D eigenvalue weighted by Crippen LogP contribution is -2.42. The van der Waals surface area contributed by atoms with Crippen LogP contribution in [0.4, 0.5) is 0 Å². The van der Waals surface area contributed by atoms with E-state index in [1.165, 1.54) is 11.3 Å². The van der Waals surface area contributed by atoms with Gasteiger partial charge in [0.1, 0.15) is 0 Å². The summed E-state index contributed by atoms with van der Waals surface area (Å²) < 4.78 is 26.9. The summed E-state index contributed by atoms with van der Waals surface area (Å²) in [6.07, 6.45) is 1.11. The normalized spacial score (nSPS) is 25.6. The van der Waals surface area contributed by atoms with Crippen LogP contribution in [0.1, 0.15) is 25.1 Å². The smallest absolute Gasteiger partial charge is 0.243 e. The first-order valence-corrected chi connectivity index (χ1v) is 8.97. The molecule has 2 heterocycles. The third-order valence-electron chi connectivity index (χ3n) is 3.45. The van der Waals surface area contributed by atoms with E-state index >= 15 is 0 Å². The number of piperidine rings is 1. The van der Waals surface area contributed by atoms with Crippen LogP contribution in [-0.2, 0) is 16.6 Å². The Morgan fingerprint density at radius 1 is 1.37 bits per heavy atom. The monoisotopic (exact) mass is 302 g/mol. The number of hydrogen-bond donors (Lipinski definition) is 1. The van der Waals surface area contributed by atoms with Crippen molar-refractivity contribution < 1.29 is 8.42 Å². The highest BCUT2D eigenvalue weighted by Gasteiger charge is 2.32. The van der Waals surface area contributed by atoms with Gasteiger partial charge >= 0.3 is 0 Å². The van der Waals surface area contributed by atoms with Crippen molar-refractivity contribution in [3.8, 4) is 0 Å². The van der Waals surface area contributed by atoms with Gasteiger partial charge in [0.15, 0.2) is 0 Å².